The Labute approximate surface area is 212 Å². The number of amides is 2. The van der Waals surface area contributed by atoms with Crippen LogP contribution >= 0.6 is 11.8 Å². The van der Waals surface area contributed by atoms with E-state index >= 15 is 0 Å². The number of carbonyl (C=O) groups excluding carboxylic acids is 2. The Hall–Kier alpha value is -3.06. The number of hydrogen-bond acceptors (Lipinski definition) is 4. The third-order valence-electron chi connectivity index (χ3n) is 6.98. The van der Waals surface area contributed by atoms with E-state index in [9.17, 15) is 9.59 Å². The molecule has 1 aliphatic rings. The van der Waals surface area contributed by atoms with Crippen LogP contribution in [-0.2, 0) is 22.6 Å². The second kappa shape index (κ2) is 12.1. The van der Waals surface area contributed by atoms with Crippen molar-refractivity contribution in [3.63, 3.8) is 0 Å². The molecule has 0 radical (unpaired) electrons. The molecule has 1 unspecified atom stereocenters. The third kappa shape index (κ3) is 6.75. The molecule has 1 aliphatic heterocycles. The van der Waals surface area contributed by atoms with Crippen LogP contribution in [0.1, 0.15) is 24.0 Å². The van der Waals surface area contributed by atoms with Gasteiger partial charge < -0.3 is 9.80 Å². The Morgan fingerprint density at radius 3 is 2.46 bits per heavy atom. The lowest BCUT2D eigenvalue weighted by atomic mass is 9.84. The standard InChI is InChI=1S/C28H34N4O2S/c1-22-9-6-7-10-24(22)19-26(30(2)27(33)20-32-16-8-15-29-32)23-13-17-31(18-14-23)28(34)21-35-25-11-4-3-5-12-25/h3-12,15-16,23,26H,13-14,17-21H2,1-2H3. The number of nitrogens with zero attached hydrogens (tertiary/aromatic N) is 4. The molecule has 184 valence electrons. The predicted octanol–water partition coefficient (Wildman–Crippen LogP) is 4.29. The molecule has 1 aromatic heterocycles. The first-order chi connectivity index (χ1) is 17.0. The van der Waals surface area contributed by atoms with Gasteiger partial charge >= 0.3 is 0 Å². The highest BCUT2D eigenvalue weighted by Gasteiger charge is 2.33. The lowest BCUT2D eigenvalue weighted by Crippen LogP contribution is -2.49. The highest BCUT2D eigenvalue weighted by atomic mass is 32.2. The van der Waals surface area contributed by atoms with Crippen LogP contribution in [0.5, 0.6) is 0 Å². The van der Waals surface area contributed by atoms with Gasteiger partial charge in [-0.2, -0.15) is 5.10 Å². The molecule has 1 fully saturated rings. The summed E-state index contributed by atoms with van der Waals surface area (Å²) in [5.41, 5.74) is 2.52. The summed E-state index contributed by atoms with van der Waals surface area (Å²) in [5.74, 6) is 1.05. The van der Waals surface area contributed by atoms with E-state index in [-0.39, 0.29) is 24.4 Å². The molecule has 0 saturated carbocycles. The molecule has 1 atom stereocenters. The van der Waals surface area contributed by atoms with Crippen LogP contribution in [0.3, 0.4) is 0 Å². The molecule has 7 heteroatoms. The average molecular weight is 491 g/mol. The Morgan fingerprint density at radius 1 is 1.06 bits per heavy atom. The topological polar surface area (TPSA) is 58.4 Å². The molecule has 1 saturated heterocycles. The van der Waals surface area contributed by atoms with E-state index in [0.29, 0.717) is 11.7 Å². The normalized spacial score (nSPS) is 15.1. The van der Waals surface area contributed by atoms with Crippen molar-refractivity contribution < 1.29 is 9.59 Å². The first kappa shape index (κ1) is 25.0. The fourth-order valence-electron chi connectivity index (χ4n) is 4.80. The van der Waals surface area contributed by atoms with Crippen molar-refractivity contribution in [2.45, 2.75) is 43.7 Å². The van der Waals surface area contributed by atoms with E-state index in [0.717, 1.165) is 37.2 Å². The molecule has 2 heterocycles. The second-order valence-electron chi connectivity index (χ2n) is 9.23. The maximum Gasteiger partial charge on any atom is 0.244 e. The number of aryl methyl sites for hydroxylation is 1. The Bertz CT molecular complexity index is 1100. The van der Waals surface area contributed by atoms with Gasteiger partial charge in [-0.15, -0.1) is 11.8 Å². The van der Waals surface area contributed by atoms with Gasteiger partial charge in [0.2, 0.25) is 11.8 Å². The summed E-state index contributed by atoms with van der Waals surface area (Å²) in [5, 5.41) is 4.20. The maximum atomic E-state index is 13.2. The van der Waals surface area contributed by atoms with Gasteiger partial charge in [-0.05, 0) is 61.4 Å². The smallest absolute Gasteiger partial charge is 0.244 e. The summed E-state index contributed by atoms with van der Waals surface area (Å²) in [4.78, 5) is 31.0. The third-order valence-corrected chi connectivity index (χ3v) is 7.98. The van der Waals surface area contributed by atoms with Crippen LogP contribution in [0.4, 0.5) is 0 Å². The quantitative estimate of drug-likeness (QED) is 0.420. The van der Waals surface area contributed by atoms with Crippen LogP contribution in [-0.4, -0.2) is 63.3 Å². The number of likely N-dealkylation sites (tertiary alicyclic amines) is 1. The lowest BCUT2D eigenvalue weighted by molar-refractivity contribution is -0.136. The zero-order valence-corrected chi connectivity index (χ0v) is 21.4. The zero-order valence-electron chi connectivity index (χ0n) is 20.5. The van der Waals surface area contributed by atoms with Crippen molar-refractivity contribution in [2.75, 3.05) is 25.9 Å². The summed E-state index contributed by atoms with van der Waals surface area (Å²) < 4.78 is 1.68. The Balaban J connectivity index is 1.40. The van der Waals surface area contributed by atoms with Gasteiger partial charge in [0.1, 0.15) is 6.54 Å². The molecular weight excluding hydrogens is 456 g/mol. The maximum absolute atomic E-state index is 13.2. The first-order valence-electron chi connectivity index (χ1n) is 12.2. The number of aromatic nitrogens is 2. The van der Waals surface area contributed by atoms with Gasteiger partial charge in [0.15, 0.2) is 0 Å². The fraction of sp³-hybridized carbons (Fsp3) is 0.393. The Morgan fingerprint density at radius 2 is 1.77 bits per heavy atom. The molecule has 0 spiro atoms. The monoisotopic (exact) mass is 490 g/mol. The molecule has 35 heavy (non-hydrogen) atoms. The summed E-state index contributed by atoms with van der Waals surface area (Å²) in [6.07, 6.45) is 6.13. The molecule has 0 bridgehead atoms. The van der Waals surface area contributed by atoms with Crippen molar-refractivity contribution >= 4 is 23.6 Å². The zero-order chi connectivity index (χ0) is 24.6. The molecule has 4 rings (SSSR count). The van der Waals surface area contributed by atoms with E-state index in [1.165, 1.54) is 11.1 Å². The van der Waals surface area contributed by atoms with E-state index in [2.05, 4.69) is 36.3 Å². The van der Waals surface area contributed by atoms with Crippen LogP contribution in [0.25, 0.3) is 0 Å². The number of benzene rings is 2. The summed E-state index contributed by atoms with van der Waals surface area (Å²) in [6.45, 7) is 3.85. The number of likely N-dealkylation sites (N-methyl/N-ethyl adjacent to an activating group) is 1. The second-order valence-corrected chi connectivity index (χ2v) is 10.3. The van der Waals surface area contributed by atoms with Crippen molar-refractivity contribution in [1.29, 1.82) is 0 Å². The van der Waals surface area contributed by atoms with Gasteiger partial charge in [0, 0.05) is 43.5 Å². The molecule has 3 aromatic rings. The minimum absolute atomic E-state index is 0.0602. The number of piperidine rings is 1. The molecule has 2 aromatic carbocycles. The van der Waals surface area contributed by atoms with Gasteiger partial charge in [-0.1, -0.05) is 42.5 Å². The van der Waals surface area contributed by atoms with E-state index < -0.39 is 0 Å². The SMILES string of the molecule is Cc1ccccc1CC(C1CCN(C(=O)CSc2ccccc2)CC1)N(C)C(=O)Cn1cccn1. The summed E-state index contributed by atoms with van der Waals surface area (Å²) >= 11 is 1.59. The van der Waals surface area contributed by atoms with Gasteiger partial charge in [-0.25, -0.2) is 0 Å². The highest BCUT2D eigenvalue weighted by Crippen LogP contribution is 2.28. The Kier molecular flexibility index (Phi) is 8.64. The first-order valence-corrected chi connectivity index (χ1v) is 13.2. The van der Waals surface area contributed by atoms with Crippen molar-refractivity contribution in [1.82, 2.24) is 19.6 Å². The van der Waals surface area contributed by atoms with E-state index in [1.54, 1.807) is 22.6 Å². The fourth-order valence-corrected chi connectivity index (χ4v) is 5.62. The molecular formula is C28H34N4O2S. The van der Waals surface area contributed by atoms with Crippen LogP contribution in [0.2, 0.25) is 0 Å². The van der Waals surface area contributed by atoms with Crippen LogP contribution in [0, 0.1) is 12.8 Å². The highest BCUT2D eigenvalue weighted by molar-refractivity contribution is 8.00. The van der Waals surface area contributed by atoms with Crippen molar-refractivity contribution in [2.24, 2.45) is 5.92 Å². The largest absolute Gasteiger partial charge is 0.342 e. The number of hydrogen-bond donors (Lipinski definition) is 0. The van der Waals surface area contributed by atoms with Crippen molar-refractivity contribution in [3.05, 3.63) is 84.2 Å². The lowest BCUT2D eigenvalue weighted by Gasteiger charge is -2.40. The van der Waals surface area contributed by atoms with Crippen molar-refractivity contribution in [3.8, 4) is 0 Å². The van der Waals surface area contributed by atoms with E-state index in [1.807, 2.05) is 59.4 Å². The minimum atomic E-state index is 0.0602. The number of rotatable bonds is 9. The minimum Gasteiger partial charge on any atom is -0.342 e. The van der Waals surface area contributed by atoms with Gasteiger partial charge in [0.25, 0.3) is 0 Å². The molecule has 6 nitrogen and oxygen atoms in total. The average Bonchev–Trinajstić information content (AvgIpc) is 3.40. The number of thioether (sulfide) groups is 1. The van der Waals surface area contributed by atoms with Gasteiger partial charge in [0.05, 0.1) is 5.75 Å². The summed E-state index contributed by atoms with van der Waals surface area (Å²) in [6, 6.07) is 20.4. The molecule has 0 aliphatic carbocycles. The summed E-state index contributed by atoms with van der Waals surface area (Å²) in [7, 11) is 1.92. The van der Waals surface area contributed by atoms with Crippen LogP contribution < -0.4 is 0 Å². The predicted molar refractivity (Wildman–Crippen MR) is 140 cm³/mol. The molecule has 0 N–H and O–H groups in total. The molecule has 2 amide bonds. The van der Waals surface area contributed by atoms with Gasteiger partial charge in [-0.3, -0.25) is 14.3 Å². The van der Waals surface area contributed by atoms with E-state index in [4.69, 9.17) is 0 Å². The number of carbonyl (C=O) groups is 2. The van der Waals surface area contributed by atoms with Crippen LogP contribution in [0.15, 0.2) is 78.0 Å².